The molecule has 0 aliphatic rings. The summed E-state index contributed by atoms with van der Waals surface area (Å²) in [6.07, 6.45) is 1.92. The van der Waals surface area contributed by atoms with Gasteiger partial charge < -0.3 is 20.1 Å². The van der Waals surface area contributed by atoms with Crippen LogP contribution in [0, 0.1) is 0 Å². The Morgan fingerprint density at radius 3 is 2.32 bits per heavy atom. The van der Waals surface area contributed by atoms with Crippen LogP contribution in [0.15, 0.2) is 23.2 Å². The standard InChI is InChI=1S/C19H34N4O4S/c1-7-26-16-10-9-15(13-17(16)27-8-2)11-12-21-18(20-5)22-14-19(3,4)23-28(6,24)25/h9-10,13,23H,7-8,11-12,14H2,1-6H3,(H2,20,21,22). The lowest BCUT2D eigenvalue weighted by Crippen LogP contribution is -2.53. The summed E-state index contributed by atoms with van der Waals surface area (Å²) in [5, 5.41) is 6.38. The maximum atomic E-state index is 11.4. The van der Waals surface area contributed by atoms with E-state index in [0.717, 1.165) is 29.7 Å². The highest BCUT2D eigenvalue weighted by Gasteiger charge is 2.22. The molecule has 0 aromatic heterocycles. The fraction of sp³-hybridized carbons (Fsp3) is 0.632. The van der Waals surface area contributed by atoms with Crippen molar-refractivity contribution in [2.45, 2.75) is 39.7 Å². The third-order valence-corrected chi connectivity index (χ3v) is 4.62. The first kappa shape index (κ1) is 24.0. The average molecular weight is 415 g/mol. The van der Waals surface area contributed by atoms with E-state index in [0.29, 0.717) is 32.3 Å². The van der Waals surface area contributed by atoms with Crippen LogP contribution in [0.2, 0.25) is 0 Å². The van der Waals surface area contributed by atoms with Crippen LogP contribution in [0.5, 0.6) is 11.5 Å². The summed E-state index contributed by atoms with van der Waals surface area (Å²) in [5.41, 5.74) is 0.487. The molecule has 0 unspecified atom stereocenters. The van der Waals surface area contributed by atoms with Gasteiger partial charge in [-0.05, 0) is 51.8 Å². The number of aliphatic imine (C=N–C) groups is 1. The van der Waals surface area contributed by atoms with E-state index < -0.39 is 15.6 Å². The van der Waals surface area contributed by atoms with Crippen LogP contribution >= 0.6 is 0 Å². The van der Waals surface area contributed by atoms with E-state index in [9.17, 15) is 8.42 Å². The van der Waals surface area contributed by atoms with Gasteiger partial charge in [0.1, 0.15) is 0 Å². The molecule has 0 heterocycles. The minimum Gasteiger partial charge on any atom is -0.490 e. The van der Waals surface area contributed by atoms with Crippen LogP contribution in [0.4, 0.5) is 0 Å². The summed E-state index contributed by atoms with van der Waals surface area (Å²) >= 11 is 0. The molecule has 0 saturated carbocycles. The fourth-order valence-electron chi connectivity index (χ4n) is 2.64. The van der Waals surface area contributed by atoms with Crippen molar-refractivity contribution in [1.29, 1.82) is 0 Å². The highest BCUT2D eigenvalue weighted by atomic mass is 32.2. The third-order valence-electron chi connectivity index (χ3n) is 3.70. The van der Waals surface area contributed by atoms with E-state index in [1.807, 2.05) is 45.9 Å². The van der Waals surface area contributed by atoms with Crippen LogP contribution in [-0.2, 0) is 16.4 Å². The third kappa shape index (κ3) is 9.27. The number of hydrogen-bond acceptors (Lipinski definition) is 5. The van der Waals surface area contributed by atoms with Gasteiger partial charge in [-0.25, -0.2) is 13.1 Å². The van der Waals surface area contributed by atoms with Crippen LogP contribution in [0.25, 0.3) is 0 Å². The Balaban J connectivity index is 2.57. The molecule has 1 aromatic rings. The molecule has 0 spiro atoms. The number of benzene rings is 1. The van der Waals surface area contributed by atoms with Gasteiger partial charge in [-0.2, -0.15) is 0 Å². The number of guanidine groups is 1. The Morgan fingerprint density at radius 2 is 1.75 bits per heavy atom. The summed E-state index contributed by atoms with van der Waals surface area (Å²) in [4.78, 5) is 4.18. The predicted molar refractivity (Wildman–Crippen MR) is 114 cm³/mol. The lowest BCUT2D eigenvalue weighted by molar-refractivity contribution is 0.287. The number of nitrogens with one attached hydrogen (secondary N) is 3. The van der Waals surface area contributed by atoms with E-state index in [1.54, 1.807) is 7.05 Å². The van der Waals surface area contributed by atoms with Gasteiger partial charge in [-0.15, -0.1) is 0 Å². The van der Waals surface area contributed by atoms with Gasteiger partial charge in [-0.3, -0.25) is 4.99 Å². The summed E-state index contributed by atoms with van der Waals surface area (Å²) in [7, 11) is -1.60. The Morgan fingerprint density at radius 1 is 1.11 bits per heavy atom. The number of sulfonamides is 1. The van der Waals surface area contributed by atoms with E-state index >= 15 is 0 Å². The zero-order valence-electron chi connectivity index (χ0n) is 17.8. The number of nitrogens with zero attached hydrogens (tertiary/aromatic N) is 1. The topological polar surface area (TPSA) is 101 Å². The zero-order valence-corrected chi connectivity index (χ0v) is 18.6. The minimum atomic E-state index is -3.28. The van der Waals surface area contributed by atoms with Crippen LogP contribution in [-0.4, -0.2) is 59.5 Å². The van der Waals surface area contributed by atoms with Crippen molar-refractivity contribution in [3.8, 4) is 11.5 Å². The number of hydrogen-bond donors (Lipinski definition) is 3. The molecule has 1 aromatic carbocycles. The quantitative estimate of drug-likeness (QED) is 0.375. The smallest absolute Gasteiger partial charge is 0.209 e. The largest absolute Gasteiger partial charge is 0.490 e. The minimum absolute atomic E-state index is 0.400. The lowest BCUT2D eigenvalue weighted by atomic mass is 10.1. The number of rotatable bonds is 11. The Hall–Kier alpha value is -2.00. The van der Waals surface area contributed by atoms with E-state index in [2.05, 4.69) is 20.3 Å². The Labute approximate surface area is 169 Å². The SMILES string of the molecule is CCOc1ccc(CCNC(=NC)NCC(C)(C)NS(C)(=O)=O)cc1OCC. The first-order valence-electron chi connectivity index (χ1n) is 9.42. The monoisotopic (exact) mass is 414 g/mol. The lowest BCUT2D eigenvalue weighted by Gasteiger charge is -2.26. The fourth-order valence-corrected chi connectivity index (χ4v) is 3.72. The molecule has 0 fully saturated rings. The van der Waals surface area contributed by atoms with Gasteiger partial charge in [0.2, 0.25) is 10.0 Å². The van der Waals surface area contributed by atoms with Crippen molar-refractivity contribution in [2.24, 2.45) is 4.99 Å². The molecule has 3 N–H and O–H groups in total. The molecular weight excluding hydrogens is 380 g/mol. The first-order chi connectivity index (χ1) is 13.1. The molecule has 0 saturated heterocycles. The Kier molecular flexibility index (Phi) is 9.54. The highest BCUT2D eigenvalue weighted by molar-refractivity contribution is 7.88. The van der Waals surface area contributed by atoms with Crippen molar-refractivity contribution in [3.05, 3.63) is 23.8 Å². The maximum Gasteiger partial charge on any atom is 0.209 e. The van der Waals surface area contributed by atoms with Gasteiger partial charge in [0.25, 0.3) is 0 Å². The van der Waals surface area contributed by atoms with Crippen molar-refractivity contribution in [2.75, 3.05) is 39.6 Å². The molecular formula is C19H34N4O4S. The number of ether oxygens (including phenoxy) is 2. The van der Waals surface area contributed by atoms with Crippen LogP contribution in [0.1, 0.15) is 33.3 Å². The molecule has 0 aliphatic heterocycles. The highest BCUT2D eigenvalue weighted by Crippen LogP contribution is 2.28. The van der Waals surface area contributed by atoms with Crippen molar-refractivity contribution < 1.29 is 17.9 Å². The van der Waals surface area contributed by atoms with E-state index in [-0.39, 0.29) is 0 Å². The summed E-state index contributed by atoms with van der Waals surface area (Å²) < 4.78 is 36.7. The van der Waals surface area contributed by atoms with E-state index in [4.69, 9.17) is 9.47 Å². The van der Waals surface area contributed by atoms with Crippen LogP contribution < -0.4 is 24.8 Å². The van der Waals surface area contributed by atoms with Crippen molar-refractivity contribution >= 4 is 16.0 Å². The van der Waals surface area contributed by atoms with Gasteiger partial charge >= 0.3 is 0 Å². The molecule has 0 bridgehead atoms. The Bertz CT molecular complexity index is 748. The maximum absolute atomic E-state index is 11.4. The molecule has 0 atom stereocenters. The van der Waals surface area contributed by atoms with E-state index in [1.165, 1.54) is 0 Å². The predicted octanol–water partition coefficient (Wildman–Crippen LogP) is 1.52. The van der Waals surface area contributed by atoms with Gasteiger partial charge in [0.05, 0.1) is 19.5 Å². The average Bonchev–Trinajstić information content (AvgIpc) is 2.58. The first-order valence-corrected chi connectivity index (χ1v) is 11.3. The van der Waals surface area contributed by atoms with Crippen LogP contribution in [0.3, 0.4) is 0 Å². The summed E-state index contributed by atoms with van der Waals surface area (Å²) in [6.45, 7) is 9.74. The molecule has 0 radical (unpaired) electrons. The molecule has 1 rings (SSSR count). The molecule has 0 aliphatic carbocycles. The van der Waals surface area contributed by atoms with Crippen molar-refractivity contribution in [1.82, 2.24) is 15.4 Å². The van der Waals surface area contributed by atoms with Crippen molar-refractivity contribution in [3.63, 3.8) is 0 Å². The normalized spacial score (nSPS) is 12.6. The summed E-state index contributed by atoms with van der Waals surface area (Å²) in [6, 6.07) is 5.94. The molecule has 0 amide bonds. The van der Waals surface area contributed by atoms with Gasteiger partial charge in [-0.1, -0.05) is 6.07 Å². The molecule has 28 heavy (non-hydrogen) atoms. The second-order valence-corrected chi connectivity index (χ2v) is 8.76. The second kappa shape index (κ2) is 11.1. The molecule has 8 nitrogen and oxygen atoms in total. The molecule has 9 heteroatoms. The summed E-state index contributed by atoms with van der Waals surface area (Å²) in [5.74, 6) is 2.11. The zero-order chi connectivity index (χ0) is 21.2. The second-order valence-electron chi connectivity index (χ2n) is 7.01. The molecule has 160 valence electrons. The van der Waals surface area contributed by atoms with Gasteiger partial charge in [0, 0.05) is 25.7 Å². The van der Waals surface area contributed by atoms with Gasteiger partial charge in [0.15, 0.2) is 17.5 Å².